The van der Waals surface area contributed by atoms with E-state index in [1.165, 1.54) is 35.1 Å². The summed E-state index contributed by atoms with van der Waals surface area (Å²) in [5.41, 5.74) is 1.10. The minimum atomic E-state index is -0.676. The number of aromatic hydroxyl groups is 1. The molecule has 32 heavy (non-hydrogen) atoms. The third-order valence-electron chi connectivity index (χ3n) is 5.69. The highest BCUT2D eigenvalue weighted by atomic mass is 19.1. The first-order valence-corrected chi connectivity index (χ1v) is 9.75. The molecule has 9 heteroatoms. The van der Waals surface area contributed by atoms with Crippen LogP contribution in [0.2, 0.25) is 0 Å². The molecule has 4 aromatic rings. The molecule has 1 atom stereocenters. The molecule has 0 bridgehead atoms. The largest absolute Gasteiger partial charge is 0.503 e. The van der Waals surface area contributed by atoms with E-state index in [9.17, 15) is 23.9 Å². The number of nitriles is 1. The molecule has 158 valence electrons. The molecule has 0 saturated carbocycles. The summed E-state index contributed by atoms with van der Waals surface area (Å²) in [5.74, 6) is -1.56. The molecule has 5 rings (SSSR count). The maximum Gasteiger partial charge on any atom is 0.242 e. The Kier molecular flexibility index (Phi) is 4.56. The lowest BCUT2D eigenvalue weighted by atomic mass is 9.84. The van der Waals surface area contributed by atoms with Crippen molar-refractivity contribution in [3.8, 4) is 23.3 Å². The Balaban J connectivity index is 1.77. The summed E-state index contributed by atoms with van der Waals surface area (Å²) in [6.45, 7) is 0.236. The monoisotopic (exact) mass is 431 g/mol. The summed E-state index contributed by atoms with van der Waals surface area (Å²) in [6, 6.07) is 13.3. The molecule has 0 fully saturated rings. The van der Waals surface area contributed by atoms with Crippen LogP contribution in [0.15, 0.2) is 65.7 Å². The lowest BCUT2D eigenvalue weighted by Crippen LogP contribution is -2.33. The van der Waals surface area contributed by atoms with Gasteiger partial charge in [-0.1, -0.05) is 24.3 Å². The van der Waals surface area contributed by atoms with Gasteiger partial charge in [0.15, 0.2) is 11.6 Å². The standard InChI is InChI=1S/C23H15F2N5O2/c24-15-5-1-13(2-6-15)20(14-3-7-16(25)8-4-14)18-12-29-17(9-26)10-27-23(29)21-22(32)19(31)11-28-30(18)21/h1-8,10-11,18,20,32H,12H2/t18-/m1/s1. The molecule has 1 aliphatic heterocycles. The lowest BCUT2D eigenvalue weighted by Gasteiger charge is -2.35. The van der Waals surface area contributed by atoms with Crippen molar-refractivity contribution in [2.45, 2.75) is 18.5 Å². The molecule has 3 heterocycles. The summed E-state index contributed by atoms with van der Waals surface area (Å²) < 4.78 is 30.4. The van der Waals surface area contributed by atoms with Gasteiger partial charge in [-0.2, -0.15) is 10.4 Å². The maximum atomic E-state index is 13.7. The number of halogens is 2. The van der Waals surface area contributed by atoms with Crippen molar-refractivity contribution in [2.75, 3.05) is 0 Å². The summed E-state index contributed by atoms with van der Waals surface area (Å²) in [5, 5.41) is 24.4. The van der Waals surface area contributed by atoms with E-state index in [1.54, 1.807) is 28.8 Å². The van der Waals surface area contributed by atoms with E-state index in [0.29, 0.717) is 0 Å². The van der Waals surface area contributed by atoms with Gasteiger partial charge in [-0.05, 0) is 35.4 Å². The van der Waals surface area contributed by atoms with Gasteiger partial charge in [0.25, 0.3) is 0 Å². The SMILES string of the molecule is N#Cc1cnc2n1C[C@H](C(c1ccc(F)cc1)c1ccc(F)cc1)n1ncc(=O)c(O)c1-2. The molecule has 0 aliphatic carbocycles. The molecule has 0 unspecified atom stereocenters. The predicted molar refractivity (Wildman–Crippen MR) is 110 cm³/mol. The normalized spacial score (nSPS) is 14.6. The number of hydrogen-bond donors (Lipinski definition) is 1. The van der Waals surface area contributed by atoms with Gasteiger partial charge in [-0.15, -0.1) is 0 Å². The second-order valence-electron chi connectivity index (χ2n) is 7.49. The zero-order valence-corrected chi connectivity index (χ0v) is 16.5. The van der Waals surface area contributed by atoms with Crippen LogP contribution in [0.3, 0.4) is 0 Å². The smallest absolute Gasteiger partial charge is 0.242 e. The minimum absolute atomic E-state index is 0.0875. The molecule has 7 nitrogen and oxygen atoms in total. The molecule has 1 aliphatic rings. The average Bonchev–Trinajstić information content (AvgIpc) is 3.21. The van der Waals surface area contributed by atoms with Crippen LogP contribution in [-0.4, -0.2) is 24.4 Å². The van der Waals surface area contributed by atoms with Crippen molar-refractivity contribution >= 4 is 0 Å². The number of fused-ring (bicyclic) bond motifs is 3. The highest BCUT2D eigenvalue weighted by molar-refractivity contribution is 5.61. The van der Waals surface area contributed by atoms with Crippen LogP contribution < -0.4 is 5.43 Å². The van der Waals surface area contributed by atoms with Crippen LogP contribution in [0.5, 0.6) is 5.75 Å². The molecule has 0 amide bonds. The molecule has 0 saturated heterocycles. The van der Waals surface area contributed by atoms with E-state index in [1.807, 2.05) is 0 Å². The molecule has 2 aromatic carbocycles. The molecule has 1 N–H and O–H groups in total. The first-order valence-electron chi connectivity index (χ1n) is 9.75. The van der Waals surface area contributed by atoms with Crippen LogP contribution >= 0.6 is 0 Å². The zero-order valence-electron chi connectivity index (χ0n) is 16.5. The van der Waals surface area contributed by atoms with Crippen LogP contribution in [0.4, 0.5) is 8.78 Å². The molecular formula is C23H15F2N5O2. The third kappa shape index (κ3) is 3.04. The maximum absolute atomic E-state index is 13.7. The quantitative estimate of drug-likeness (QED) is 0.537. The van der Waals surface area contributed by atoms with E-state index in [-0.39, 0.29) is 23.8 Å². The van der Waals surface area contributed by atoms with Gasteiger partial charge in [-0.25, -0.2) is 13.8 Å². The van der Waals surface area contributed by atoms with E-state index in [0.717, 1.165) is 17.3 Å². The van der Waals surface area contributed by atoms with Gasteiger partial charge in [-0.3, -0.25) is 9.48 Å². The Morgan fingerprint density at radius 3 is 2.19 bits per heavy atom. The summed E-state index contributed by atoms with van der Waals surface area (Å²) in [4.78, 5) is 16.4. The van der Waals surface area contributed by atoms with Crippen LogP contribution in [-0.2, 0) is 6.54 Å². The van der Waals surface area contributed by atoms with Crippen LogP contribution in [0.25, 0.3) is 11.5 Å². The number of rotatable bonds is 3. The van der Waals surface area contributed by atoms with Gasteiger partial charge < -0.3 is 9.67 Å². The number of imidazole rings is 1. The van der Waals surface area contributed by atoms with Crippen molar-refractivity contribution in [1.29, 1.82) is 5.26 Å². The fraction of sp³-hybridized carbons (Fsp3) is 0.130. The topological polar surface area (TPSA) is 96.7 Å². The van der Waals surface area contributed by atoms with E-state index in [4.69, 9.17) is 0 Å². The van der Waals surface area contributed by atoms with Gasteiger partial charge in [0, 0.05) is 12.5 Å². The Hall–Kier alpha value is -4.32. The fourth-order valence-electron chi connectivity index (χ4n) is 4.25. The fourth-order valence-corrected chi connectivity index (χ4v) is 4.25. The van der Waals surface area contributed by atoms with Crippen molar-refractivity contribution in [2.24, 2.45) is 0 Å². The molecule has 0 radical (unpaired) electrons. The Morgan fingerprint density at radius 2 is 1.62 bits per heavy atom. The van der Waals surface area contributed by atoms with E-state index < -0.39 is 34.8 Å². The minimum Gasteiger partial charge on any atom is -0.503 e. The first-order chi connectivity index (χ1) is 15.5. The number of aromatic nitrogens is 4. The summed E-state index contributed by atoms with van der Waals surface area (Å²) >= 11 is 0. The third-order valence-corrected chi connectivity index (χ3v) is 5.69. The van der Waals surface area contributed by atoms with Gasteiger partial charge >= 0.3 is 0 Å². The molecule has 2 aromatic heterocycles. The first kappa shape index (κ1) is 19.6. The van der Waals surface area contributed by atoms with Gasteiger partial charge in [0.05, 0.1) is 18.4 Å². The zero-order chi connectivity index (χ0) is 22.4. The Morgan fingerprint density at radius 1 is 1.03 bits per heavy atom. The predicted octanol–water partition coefficient (Wildman–Crippen LogP) is 3.35. The molecule has 0 spiro atoms. The van der Waals surface area contributed by atoms with Crippen molar-refractivity contribution in [3.63, 3.8) is 0 Å². The van der Waals surface area contributed by atoms with Gasteiger partial charge in [0.1, 0.15) is 29.1 Å². The number of nitrogens with zero attached hydrogens (tertiary/aromatic N) is 5. The highest BCUT2D eigenvalue weighted by Gasteiger charge is 2.36. The van der Waals surface area contributed by atoms with Gasteiger partial charge in [0.2, 0.25) is 5.43 Å². The summed E-state index contributed by atoms with van der Waals surface area (Å²) in [6.07, 6.45) is 2.38. The second-order valence-corrected chi connectivity index (χ2v) is 7.49. The van der Waals surface area contributed by atoms with Crippen molar-refractivity contribution in [1.82, 2.24) is 19.3 Å². The highest BCUT2D eigenvalue weighted by Crippen LogP contribution is 2.42. The lowest BCUT2D eigenvalue weighted by molar-refractivity contribution is 0.330. The Labute approximate surface area is 180 Å². The van der Waals surface area contributed by atoms with Crippen molar-refractivity contribution in [3.05, 3.63) is 99.6 Å². The number of hydrogen-bond acceptors (Lipinski definition) is 5. The van der Waals surface area contributed by atoms with E-state index in [2.05, 4.69) is 16.2 Å². The summed E-state index contributed by atoms with van der Waals surface area (Å²) in [7, 11) is 0. The van der Waals surface area contributed by atoms with Crippen molar-refractivity contribution < 1.29 is 13.9 Å². The van der Waals surface area contributed by atoms with Crippen LogP contribution in [0, 0.1) is 23.0 Å². The average molecular weight is 431 g/mol. The second kappa shape index (κ2) is 7.42. The van der Waals surface area contributed by atoms with Crippen LogP contribution in [0.1, 0.15) is 28.8 Å². The molecular weight excluding hydrogens is 416 g/mol. The Bertz CT molecular complexity index is 1370. The number of benzene rings is 2. The van der Waals surface area contributed by atoms with E-state index >= 15 is 0 Å².